The molecule has 0 fully saturated rings. The lowest BCUT2D eigenvalue weighted by molar-refractivity contribution is 0.235. The highest BCUT2D eigenvalue weighted by atomic mass is 19.1. The van der Waals surface area contributed by atoms with E-state index in [1.807, 2.05) is 0 Å². The van der Waals surface area contributed by atoms with Gasteiger partial charge in [0.2, 0.25) is 0 Å². The molecule has 0 bridgehead atoms. The van der Waals surface area contributed by atoms with Gasteiger partial charge in [-0.15, -0.1) is 0 Å². The normalized spacial score (nSPS) is 11.9. The van der Waals surface area contributed by atoms with Crippen molar-refractivity contribution < 1.29 is 8.81 Å². The molecule has 0 aliphatic heterocycles. The van der Waals surface area contributed by atoms with Gasteiger partial charge in [0.1, 0.15) is 5.67 Å². The van der Waals surface area contributed by atoms with Crippen molar-refractivity contribution in [2.45, 2.75) is 19.5 Å². The fourth-order valence-electron chi connectivity index (χ4n) is 1.37. The summed E-state index contributed by atoms with van der Waals surface area (Å²) in [5.41, 5.74) is 0.565. The van der Waals surface area contributed by atoms with Crippen LogP contribution in [-0.4, -0.2) is 17.2 Å². The first-order valence-electron chi connectivity index (χ1n) is 5.00. The number of benzene rings is 1. The molecular weight excluding hydrogens is 211 g/mol. The summed E-state index contributed by atoms with van der Waals surface area (Å²) in [5.74, 6) is -0.488. The Balaban J connectivity index is 2.22. The highest BCUT2D eigenvalue weighted by Crippen LogP contribution is 2.17. The Labute approximate surface area is 91.5 Å². The number of fused-ring (bicyclic) bond motifs is 1. The van der Waals surface area contributed by atoms with Crippen molar-refractivity contribution in [3.63, 3.8) is 0 Å². The van der Waals surface area contributed by atoms with Gasteiger partial charge in [-0.25, -0.2) is 9.18 Å². The number of H-pyrrole nitrogens is 1. The second-order valence-electron chi connectivity index (χ2n) is 4.30. The van der Waals surface area contributed by atoms with Gasteiger partial charge >= 0.3 is 5.76 Å². The van der Waals surface area contributed by atoms with Crippen LogP contribution in [0, 0.1) is 0 Å². The molecule has 0 saturated carbocycles. The van der Waals surface area contributed by atoms with Crippen LogP contribution in [0.3, 0.4) is 0 Å². The Hall–Kier alpha value is -1.78. The van der Waals surface area contributed by atoms with E-state index in [4.69, 9.17) is 4.42 Å². The van der Waals surface area contributed by atoms with Crippen LogP contribution in [-0.2, 0) is 0 Å². The number of aromatic amines is 1. The van der Waals surface area contributed by atoms with Crippen molar-refractivity contribution in [2.24, 2.45) is 0 Å². The van der Waals surface area contributed by atoms with E-state index in [9.17, 15) is 9.18 Å². The molecule has 86 valence electrons. The average molecular weight is 224 g/mol. The molecule has 2 rings (SSSR count). The van der Waals surface area contributed by atoms with E-state index in [0.29, 0.717) is 11.1 Å². The predicted octanol–water partition coefficient (Wildman–Crippen LogP) is 2.28. The van der Waals surface area contributed by atoms with Crippen molar-refractivity contribution >= 4 is 16.8 Å². The Morgan fingerprint density at radius 2 is 2.25 bits per heavy atom. The van der Waals surface area contributed by atoms with E-state index in [-0.39, 0.29) is 6.54 Å². The number of aromatic nitrogens is 1. The fraction of sp³-hybridized carbons (Fsp3) is 0.364. The SMILES string of the molecule is CC(C)(F)CNc1ccc2oc(=O)[nH]c2c1. The lowest BCUT2D eigenvalue weighted by Crippen LogP contribution is -2.24. The third-order valence-electron chi connectivity index (χ3n) is 2.13. The van der Waals surface area contributed by atoms with Crippen molar-refractivity contribution in [2.75, 3.05) is 11.9 Å². The first-order valence-corrected chi connectivity index (χ1v) is 5.00. The smallest absolute Gasteiger partial charge is 0.408 e. The van der Waals surface area contributed by atoms with Crippen LogP contribution in [0.2, 0.25) is 0 Å². The van der Waals surface area contributed by atoms with Crippen LogP contribution in [0.1, 0.15) is 13.8 Å². The minimum absolute atomic E-state index is 0.209. The standard InChI is InChI=1S/C11H13FN2O2/c1-11(2,12)6-13-7-3-4-9-8(5-7)14-10(15)16-9/h3-5,13H,6H2,1-2H3,(H,14,15). The summed E-state index contributed by atoms with van der Waals surface area (Å²) in [6, 6.07) is 5.12. The van der Waals surface area contributed by atoms with Crippen LogP contribution < -0.4 is 11.1 Å². The third-order valence-corrected chi connectivity index (χ3v) is 2.13. The highest BCUT2D eigenvalue weighted by Gasteiger charge is 2.14. The molecule has 0 saturated heterocycles. The first kappa shape index (κ1) is 10.7. The van der Waals surface area contributed by atoms with E-state index in [0.717, 1.165) is 5.69 Å². The number of halogens is 1. The maximum atomic E-state index is 13.3. The van der Waals surface area contributed by atoms with Crippen LogP contribution in [0.25, 0.3) is 11.1 Å². The number of rotatable bonds is 3. The number of hydrogen-bond acceptors (Lipinski definition) is 3. The van der Waals surface area contributed by atoms with Gasteiger partial charge in [0.05, 0.1) is 5.52 Å². The van der Waals surface area contributed by atoms with Crippen LogP contribution >= 0.6 is 0 Å². The molecule has 1 aromatic heterocycles. The largest absolute Gasteiger partial charge is 0.417 e. The predicted molar refractivity (Wildman–Crippen MR) is 60.5 cm³/mol. The van der Waals surface area contributed by atoms with Crippen LogP contribution in [0.15, 0.2) is 27.4 Å². The second-order valence-corrected chi connectivity index (χ2v) is 4.30. The molecule has 2 N–H and O–H groups in total. The highest BCUT2D eigenvalue weighted by molar-refractivity contribution is 5.76. The number of nitrogens with one attached hydrogen (secondary N) is 2. The fourth-order valence-corrected chi connectivity index (χ4v) is 1.37. The van der Waals surface area contributed by atoms with Crippen molar-refractivity contribution in [1.29, 1.82) is 0 Å². The Morgan fingerprint density at radius 1 is 1.50 bits per heavy atom. The minimum Gasteiger partial charge on any atom is -0.408 e. The summed E-state index contributed by atoms with van der Waals surface area (Å²) >= 11 is 0. The third kappa shape index (κ3) is 2.42. The monoisotopic (exact) mass is 224 g/mol. The molecule has 0 unspecified atom stereocenters. The minimum atomic E-state index is -1.28. The quantitative estimate of drug-likeness (QED) is 0.840. The summed E-state index contributed by atoms with van der Waals surface area (Å²) in [5, 5.41) is 2.95. The number of anilines is 1. The van der Waals surface area contributed by atoms with Crippen LogP contribution in [0.4, 0.5) is 10.1 Å². The Morgan fingerprint density at radius 3 is 2.94 bits per heavy atom. The van der Waals surface area contributed by atoms with Gasteiger partial charge in [0, 0.05) is 12.2 Å². The van der Waals surface area contributed by atoms with Crippen molar-refractivity contribution in [3.05, 3.63) is 28.7 Å². The molecule has 1 aromatic carbocycles. The number of oxazole rings is 1. The molecule has 0 spiro atoms. The number of alkyl halides is 1. The van der Waals surface area contributed by atoms with Gasteiger partial charge in [0.15, 0.2) is 5.58 Å². The Bertz CT molecular complexity index is 551. The van der Waals surface area contributed by atoms with Gasteiger partial charge in [-0.3, -0.25) is 4.98 Å². The van der Waals surface area contributed by atoms with Gasteiger partial charge in [-0.2, -0.15) is 0 Å². The molecule has 1 heterocycles. The summed E-state index contributed by atoms with van der Waals surface area (Å²) in [6.07, 6.45) is 0. The maximum Gasteiger partial charge on any atom is 0.417 e. The van der Waals surface area contributed by atoms with Gasteiger partial charge < -0.3 is 9.73 Å². The molecule has 0 amide bonds. The summed E-state index contributed by atoms with van der Waals surface area (Å²) in [7, 11) is 0. The second kappa shape index (κ2) is 3.66. The Kier molecular flexibility index (Phi) is 2.46. The molecule has 2 aromatic rings. The molecule has 0 aliphatic rings. The lowest BCUT2D eigenvalue weighted by atomic mass is 10.1. The van der Waals surface area contributed by atoms with Gasteiger partial charge in [-0.05, 0) is 32.0 Å². The van der Waals surface area contributed by atoms with E-state index in [1.165, 1.54) is 13.8 Å². The first-order chi connectivity index (χ1) is 7.44. The molecule has 16 heavy (non-hydrogen) atoms. The molecule has 5 heteroatoms. The zero-order valence-corrected chi connectivity index (χ0v) is 9.13. The van der Waals surface area contributed by atoms with Gasteiger partial charge in [0.25, 0.3) is 0 Å². The summed E-state index contributed by atoms with van der Waals surface area (Å²) < 4.78 is 18.1. The maximum absolute atomic E-state index is 13.3. The summed E-state index contributed by atoms with van der Waals surface area (Å²) in [6.45, 7) is 3.21. The molecule has 0 radical (unpaired) electrons. The average Bonchev–Trinajstić information content (AvgIpc) is 2.52. The topological polar surface area (TPSA) is 58.0 Å². The lowest BCUT2D eigenvalue weighted by Gasteiger charge is -2.15. The van der Waals surface area contributed by atoms with E-state index in [2.05, 4.69) is 10.3 Å². The number of hydrogen-bond donors (Lipinski definition) is 2. The van der Waals surface area contributed by atoms with Gasteiger partial charge in [-0.1, -0.05) is 0 Å². The van der Waals surface area contributed by atoms with Crippen molar-refractivity contribution in [3.8, 4) is 0 Å². The zero-order valence-electron chi connectivity index (χ0n) is 9.13. The summed E-state index contributed by atoms with van der Waals surface area (Å²) in [4.78, 5) is 13.5. The zero-order chi connectivity index (χ0) is 11.8. The molecular formula is C11H13FN2O2. The van der Waals surface area contributed by atoms with Crippen molar-refractivity contribution in [1.82, 2.24) is 4.98 Å². The molecule has 0 atom stereocenters. The van der Waals surface area contributed by atoms with E-state index < -0.39 is 11.4 Å². The van der Waals surface area contributed by atoms with E-state index in [1.54, 1.807) is 18.2 Å². The molecule has 4 nitrogen and oxygen atoms in total. The van der Waals surface area contributed by atoms with E-state index >= 15 is 0 Å². The van der Waals surface area contributed by atoms with Crippen LogP contribution in [0.5, 0.6) is 0 Å². The molecule has 0 aliphatic carbocycles.